The molecule has 1 amide bonds. The maximum absolute atomic E-state index is 13.8. The van der Waals surface area contributed by atoms with Crippen molar-refractivity contribution in [1.82, 2.24) is 9.80 Å². The van der Waals surface area contributed by atoms with E-state index in [0.29, 0.717) is 46.9 Å². The third kappa shape index (κ3) is 4.76. The second kappa shape index (κ2) is 10.8. The highest BCUT2D eigenvalue weighted by Gasteiger charge is 2.42. The molecule has 0 spiro atoms. The molecular formula is C28H32N2O7. The van der Waals surface area contributed by atoms with Crippen molar-refractivity contribution in [2.24, 2.45) is 0 Å². The van der Waals surface area contributed by atoms with Crippen molar-refractivity contribution in [3.8, 4) is 17.2 Å². The van der Waals surface area contributed by atoms with E-state index in [0.717, 1.165) is 44.8 Å². The Hall–Kier alpha value is -3.56. The molecule has 2 aliphatic rings. The molecule has 9 nitrogen and oxygen atoms in total. The molecule has 1 unspecified atom stereocenters. The van der Waals surface area contributed by atoms with Gasteiger partial charge >= 0.3 is 0 Å². The lowest BCUT2D eigenvalue weighted by Crippen LogP contribution is -2.38. The number of nitrogens with zero attached hydrogens (tertiary/aromatic N) is 2. The molecule has 1 atom stereocenters. The van der Waals surface area contributed by atoms with Gasteiger partial charge in [0.05, 0.1) is 51.0 Å². The van der Waals surface area contributed by atoms with Crippen molar-refractivity contribution in [2.45, 2.75) is 19.4 Å². The standard InChI is InChI=1S/C28H32N2O7/c1-4-36-19-7-8-20-22(17-19)37-27-24(26(20)31)25(18-6-9-21(33-2)23(16-18)34-3)30(28(27)32)11-5-10-29-12-14-35-15-13-29/h6-9,16-17,25H,4-5,10-15H2,1-3H3. The molecule has 5 rings (SSSR count). The van der Waals surface area contributed by atoms with E-state index in [1.165, 1.54) is 0 Å². The molecule has 9 heteroatoms. The summed E-state index contributed by atoms with van der Waals surface area (Å²) in [5.41, 5.74) is 1.22. The SMILES string of the molecule is CCOc1ccc2c(=O)c3c(oc2c1)C(=O)N(CCCN1CCOCC1)C3c1ccc(OC)c(OC)c1. The number of fused-ring (bicyclic) bond motifs is 2. The van der Waals surface area contributed by atoms with Crippen molar-refractivity contribution >= 4 is 16.9 Å². The first-order chi connectivity index (χ1) is 18.0. The van der Waals surface area contributed by atoms with E-state index in [2.05, 4.69) is 4.90 Å². The minimum atomic E-state index is -0.598. The predicted octanol–water partition coefficient (Wildman–Crippen LogP) is 3.48. The maximum Gasteiger partial charge on any atom is 0.290 e. The number of methoxy groups -OCH3 is 2. The summed E-state index contributed by atoms with van der Waals surface area (Å²) in [6.07, 6.45) is 0.756. The van der Waals surface area contributed by atoms with Crippen LogP contribution in [0.5, 0.6) is 17.2 Å². The van der Waals surface area contributed by atoms with Gasteiger partial charge in [0.2, 0.25) is 5.76 Å². The normalized spacial score (nSPS) is 17.8. The summed E-state index contributed by atoms with van der Waals surface area (Å²) in [7, 11) is 3.13. The van der Waals surface area contributed by atoms with Gasteiger partial charge in [-0.25, -0.2) is 0 Å². The third-order valence-corrected chi connectivity index (χ3v) is 6.95. The fourth-order valence-electron chi connectivity index (χ4n) is 5.14. The molecule has 3 aromatic rings. The van der Waals surface area contributed by atoms with Gasteiger partial charge in [-0.3, -0.25) is 14.5 Å². The second-order valence-corrected chi connectivity index (χ2v) is 9.09. The van der Waals surface area contributed by atoms with Crippen molar-refractivity contribution in [3.63, 3.8) is 0 Å². The van der Waals surface area contributed by atoms with E-state index >= 15 is 0 Å². The van der Waals surface area contributed by atoms with Gasteiger partial charge in [0, 0.05) is 32.2 Å². The maximum atomic E-state index is 13.8. The van der Waals surface area contributed by atoms with E-state index < -0.39 is 6.04 Å². The van der Waals surface area contributed by atoms with Gasteiger partial charge in [-0.15, -0.1) is 0 Å². The number of carbonyl (C=O) groups excluding carboxylic acids is 1. The van der Waals surface area contributed by atoms with Crippen LogP contribution in [0.25, 0.3) is 11.0 Å². The summed E-state index contributed by atoms with van der Waals surface area (Å²) in [4.78, 5) is 31.6. The molecule has 0 bridgehead atoms. The predicted molar refractivity (Wildman–Crippen MR) is 138 cm³/mol. The molecule has 2 aromatic carbocycles. The van der Waals surface area contributed by atoms with Gasteiger partial charge in [-0.2, -0.15) is 0 Å². The van der Waals surface area contributed by atoms with Crippen molar-refractivity contribution in [3.05, 3.63) is 63.5 Å². The average molecular weight is 509 g/mol. The number of hydrogen-bond acceptors (Lipinski definition) is 8. The number of amides is 1. The lowest BCUT2D eigenvalue weighted by molar-refractivity contribution is 0.0353. The van der Waals surface area contributed by atoms with Gasteiger partial charge in [-0.1, -0.05) is 6.07 Å². The summed E-state index contributed by atoms with van der Waals surface area (Å²) in [6.45, 7) is 6.87. The van der Waals surface area contributed by atoms with Gasteiger partial charge in [0.1, 0.15) is 11.3 Å². The highest BCUT2D eigenvalue weighted by atomic mass is 16.5. The van der Waals surface area contributed by atoms with Gasteiger partial charge in [0.25, 0.3) is 5.91 Å². The molecule has 1 aromatic heterocycles. The smallest absolute Gasteiger partial charge is 0.290 e. The van der Waals surface area contributed by atoms with Crippen LogP contribution in [0.2, 0.25) is 0 Å². The summed E-state index contributed by atoms with van der Waals surface area (Å²) < 4.78 is 28.1. The summed E-state index contributed by atoms with van der Waals surface area (Å²) >= 11 is 0. The monoisotopic (exact) mass is 508 g/mol. The number of benzene rings is 2. The quantitative estimate of drug-likeness (QED) is 0.434. The molecule has 1 saturated heterocycles. The van der Waals surface area contributed by atoms with Crippen molar-refractivity contribution in [1.29, 1.82) is 0 Å². The first kappa shape index (κ1) is 25.1. The molecule has 37 heavy (non-hydrogen) atoms. The molecule has 1 fully saturated rings. The summed E-state index contributed by atoms with van der Waals surface area (Å²) in [5.74, 6) is 1.47. The average Bonchev–Trinajstić information content (AvgIpc) is 3.20. The minimum absolute atomic E-state index is 0.0808. The number of hydrogen-bond donors (Lipinski definition) is 0. The van der Waals surface area contributed by atoms with Gasteiger partial charge in [0.15, 0.2) is 16.9 Å². The number of rotatable bonds is 9. The Kier molecular flexibility index (Phi) is 7.34. The van der Waals surface area contributed by atoms with E-state index in [1.807, 2.05) is 19.1 Å². The largest absolute Gasteiger partial charge is 0.494 e. The van der Waals surface area contributed by atoms with Crippen LogP contribution in [0.3, 0.4) is 0 Å². The topological polar surface area (TPSA) is 90.7 Å². The lowest BCUT2D eigenvalue weighted by atomic mass is 9.98. The molecule has 0 N–H and O–H groups in total. The van der Waals surface area contributed by atoms with Crippen LogP contribution in [0, 0.1) is 0 Å². The first-order valence-corrected chi connectivity index (χ1v) is 12.6. The first-order valence-electron chi connectivity index (χ1n) is 12.6. The Balaban J connectivity index is 1.56. The zero-order valence-corrected chi connectivity index (χ0v) is 21.5. The number of morpholine rings is 1. The molecule has 0 aliphatic carbocycles. The van der Waals surface area contributed by atoms with Crippen LogP contribution in [-0.2, 0) is 4.74 Å². The van der Waals surface area contributed by atoms with Crippen LogP contribution in [0.1, 0.15) is 41.1 Å². The van der Waals surface area contributed by atoms with Gasteiger partial charge in [-0.05, 0) is 43.2 Å². The molecule has 196 valence electrons. The van der Waals surface area contributed by atoms with Crippen LogP contribution in [0.15, 0.2) is 45.6 Å². The molecular weight excluding hydrogens is 476 g/mol. The van der Waals surface area contributed by atoms with E-state index in [4.69, 9.17) is 23.4 Å². The Morgan fingerprint density at radius 1 is 0.973 bits per heavy atom. The number of ether oxygens (including phenoxy) is 4. The van der Waals surface area contributed by atoms with E-state index in [-0.39, 0.29) is 17.1 Å². The Labute approximate surface area is 215 Å². The fourth-order valence-corrected chi connectivity index (χ4v) is 5.14. The Morgan fingerprint density at radius 2 is 1.76 bits per heavy atom. The fraction of sp³-hybridized carbons (Fsp3) is 0.429. The zero-order chi connectivity index (χ0) is 25.9. The molecule has 0 saturated carbocycles. The Morgan fingerprint density at radius 3 is 2.49 bits per heavy atom. The highest BCUT2D eigenvalue weighted by Crippen LogP contribution is 2.41. The van der Waals surface area contributed by atoms with Crippen LogP contribution >= 0.6 is 0 Å². The second-order valence-electron chi connectivity index (χ2n) is 9.09. The van der Waals surface area contributed by atoms with Crippen molar-refractivity contribution in [2.75, 3.05) is 60.2 Å². The lowest BCUT2D eigenvalue weighted by Gasteiger charge is -2.29. The third-order valence-electron chi connectivity index (χ3n) is 6.95. The van der Waals surface area contributed by atoms with Crippen LogP contribution in [-0.4, -0.2) is 75.9 Å². The summed E-state index contributed by atoms with van der Waals surface area (Å²) in [6, 6.07) is 9.99. The van der Waals surface area contributed by atoms with E-state index in [9.17, 15) is 9.59 Å². The van der Waals surface area contributed by atoms with Gasteiger partial charge < -0.3 is 28.3 Å². The van der Waals surface area contributed by atoms with Crippen LogP contribution < -0.4 is 19.6 Å². The van der Waals surface area contributed by atoms with Crippen molar-refractivity contribution < 1.29 is 28.2 Å². The molecule has 2 aliphatic heterocycles. The molecule has 0 radical (unpaired) electrons. The minimum Gasteiger partial charge on any atom is -0.494 e. The molecule has 3 heterocycles. The summed E-state index contributed by atoms with van der Waals surface area (Å²) in [5, 5.41) is 0.413. The number of carbonyl (C=O) groups is 1. The highest BCUT2D eigenvalue weighted by molar-refractivity contribution is 5.99. The Bertz CT molecular complexity index is 1350. The van der Waals surface area contributed by atoms with Crippen LogP contribution in [0.4, 0.5) is 0 Å². The van der Waals surface area contributed by atoms with E-state index in [1.54, 1.807) is 43.4 Å². The zero-order valence-electron chi connectivity index (χ0n) is 21.5.